The van der Waals surface area contributed by atoms with E-state index in [0.29, 0.717) is 28.6 Å². The first-order valence-corrected chi connectivity index (χ1v) is 8.46. The lowest BCUT2D eigenvalue weighted by molar-refractivity contribution is 0.0951. The van der Waals surface area contributed by atoms with Gasteiger partial charge in [0.05, 0.1) is 12.7 Å². The Balaban J connectivity index is 2.16. The molecule has 0 fully saturated rings. The molecule has 2 rings (SSSR count). The maximum atomic E-state index is 12.6. The van der Waals surface area contributed by atoms with Gasteiger partial charge in [-0.3, -0.25) is 9.59 Å². The lowest BCUT2D eigenvalue weighted by Crippen LogP contribution is -2.31. The largest absolute Gasteiger partial charge is 0.496 e. The summed E-state index contributed by atoms with van der Waals surface area (Å²) in [5, 5.41) is 6.17. The zero-order chi connectivity index (χ0) is 19.1. The number of ether oxygens (including phenoxy) is 1. The third-order valence-electron chi connectivity index (χ3n) is 3.65. The number of hydrogen-bond acceptors (Lipinski definition) is 4. The number of anilines is 1. The normalized spacial score (nSPS) is 10.5. The summed E-state index contributed by atoms with van der Waals surface area (Å²) in [4.78, 5) is 26.8. The van der Waals surface area contributed by atoms with E-state index in [9.17, 15) is 9.59 Å². The van der Waals surface area contributed by atoms with Crippen molar-refractivity contribution in [1.82, 2.24) is 10.2 Å². The number of nitrogens with zero attached hydrogens (tertiary/aromatic N) is 1. The van der Waals surface area contributed by atoms with E-state index in [2.05, 4.69) is 10.6 Å². The molecule has 2 N–H and O–H groups in total. The van der Waals surface area contributed by atoms with Crippen molar-refractivity contribution in [1.29, 1.82) is 0 Å². The third-order valence-corrected chi connectivity index (χ3v) is 3.90. The van der Waals surface area contributed by atoms with E-state index in [4.69, 9.17) is 16.3 Å². The average Bonchev–Trinajstić information content (AvgIpc) is 2.62. The molecule has 0 aliphatic heterocycles. The van der Waals surface area contributed by atoms with Gasteiger partial charge >= 0.3 is 0 Å². The van der Waals surface area contributed by atoms with Crippen LogP contribution in [0.15, 0.2) is 42.5 Å². The minimum absolute atomic E-state index is 0.241. The zero-order valence-electron chi connectivity index (χ0n) is 15.0. The minimum atomic E-state index is -0.368. The summed E-state index contributed by atoms with van der Waals surface area (Å²) >= 11 is 5.85. The summed E-state index contributed by atoms with van der Waals surface area (Å²) in [7, 11) is 5.34. The molecular formula is C19H22ClN3O3. The summed E-state index contributed by atoms with van der Waals surface area (Å²) < 4.78 is 5.25. The molecule has 2 amide bonds. The van der Waals surface area contributed by atoms with Gasteiger partial charge in [0, 0.05) is 29.4 Å². The van der Waals surface area contributed by atoms with Crippen molar-refractivity contribution in [2.75, 3.05) is 39.6 Å². The molecule has 0 saturated heterocycles. The molecule has 2 aromatic carbocycles. The first-order valence-electron chi connectivity index (χ1n) is 8.08. The fourth-order valence-electron chi connectivity index (χ4n) is 2.25. The zero-order valence-corrected chi connectivity index (χ0v) is 15.8. The SMILES string of the molecule is COc1ccc(C(=O)NCCN(C)C)cc1C(=O)Nc1ccc(Cl)cc1. The van der Waals surface area contributed by atoms with Crippen LogP contribution in [0.1, 0.15) is 20.7 Å². The molecule has 0 aliphatic rings. The lowest BCUT2D eigenvalue weighted by atomic mass is 10.1. The molecule has 0 radical (unpaired) electrons. The third kappa shape index (κ3) is 5.47. The molecule has 0 spiro atoms. The molecule has 0 bridgehead atoms. The van der Waals surface area contributed by atoms with Crippen LogP contribution in [0, 0.1) is 0 Å². The van der Waals surface area contributed by atoms with Gasteiger partial charge in [-0.15, -0.1) is 0 Å². The van der Waals surface area contributed by atoms with E-state index >= 15 is 0 Å². The van der Waals surface area contributed by atoms with Crippen LogP contribution in [-0.2, 0) is 0 Å². The highest BCUT2D eigenvalue weighted by Crippen LogP contribution is 2.22. The highest BCUT2D eigenvalue weighted by Gasteiger charge is 2.16. The van der Waals surface area contributed by atoms with Crippen molar-refractivity contribution in [2.45, 2.75) is 0 Å². The van der Waals surface area contributed by atoms with Crippen LogP contribution >= 0.6 is 11.6 Å². The van der Waals surface area contributed by atoms with Crippen LogP contribution in [0.25, 0.3) is 0 Å². The summed E-state index contributed by atoms with van der Waals surface area (Å²) in [6.07, 6.45) is 0. The number of likely N-dealkylation sites (N-methyl/N-ethyl adjacent to an activating group) is 1. The molecule has 0 saturated carbocycles. The Morgan fingerprint density at radius 1 is 1.08 bits per heavy atom. The van der Waals surface area contributed by atoms with Crippen LogP contribution in [0.4, 0.5) is 5.69 Å². The second-order valence-electron chi connectivity index (χ2n) is 5.94. The Morgan fingerprint density at radius 2 is 1.77 bits per heavy atom. The van der Waals surface area contributed by atoms with Crippen LogP contribution < -0.4 is 15.4 Å². The molecular weight excluding hydrogens is 354 g/mol. The number of carbonyl (C=O) groups excluding carboxylic acids is 2. The number of halogens is 1. The minimum Gasteiger partial charge on any atom is -0.496 e. The van der Waals surface area contributed by atoms with Crippen LogP contribution in [0.5, 0.6) is 5.75 Å². The fraction of sp³-hybridized carbons (Fsp3) is 0.263. The predicted molar refractivity (Wildman–Crippen MR) is 103 cm³/mol. The van der Waals surface area contributed by atoms with Crippen LogP contribution in [0.3, 0.4) is 0 Å². The predicted octanol–water partition coefficient (Wildman–Crippen LogP) is 2.89. The number of amides is 2. The molecule has 0 heterocycles. The number of nitrogens with one attached hydrogen (secondary N) is 2. The van der Waals surface area contributed by atoms with Gasteiger partial charge < -0.3 is 20.3 Å². The lowest BCUT2D eigenvalue weighted by Gasteiger charge is -2.13. The van der Waals surface area contributed by atoms with Crippen molar-refractivity contribution in [3.63, 3.8) is 0 Å². The molecule has 138 valence electrons. The maximum Gasteiger partial charge on any atom is 0.259 e. The molecule has 0 aliphatic carbocycles. The number of hydrogen-bond donors (Lipinski definition) is 2. The van der Waals surface area contributed by atoms with Gasteiger partial charge in [0.2, 0.25) is 0 Å². The van der Waals surface area contributed by atoms with E-state index in [0.717, 1.165) is 6.54 Å². The van der Waals surface area contributed by atoms with E-state index in [-0.39, 0.29) is 17.4 Å². The number of carbonyl (C=O) groups is 2. The maximum absolute atomic E-state index is 12.6. The first kappa shape index (κ1) is 19.8. The van der Waals surface area contributed by atoms with Crippen molar-refractivity contribution < 1.29 is 14.3 Å². The monoisotopic (exact) mass is 375 g/mol. The number of rotatable bonds is 7. The molecule has 6 nitrogen and oxygen atoms in total. The van der Waals surface area contributed by atoms with E-state index in [1.54, 1.807) is 36.4 Å². The molecule has 0 unspecified atom stereocenters. The summed E-state index contributed by atoms with van der Waals surface area (Å²) in [5.41, 5.74) is 1.27. The van der Waals surface area contributed by atoms with Gasteiger partial charge in [-0.05, 0) is 56.6 Å². The quantitative estimate of drug-likeness (QED) is 0.780. The van der Waals surface area contributed by atoms with Gasteiger partial charge in [0.1, 0.15) is 5.75 Å². The van der Waals surface area contributed by atoms with Gasteiger partial charge in [-0.2, -0.15) is 0 Å². The standard InChI is InChI=1S/C19H22ClN3O3/c1-23(2)11-10-21-18(24)13-4-9-17(26-3)16(12-13)19(25)22-15-7-5-14(20)6-8-15/h4-9,12H,10-11H2,1-3H3,(H,21,24)(H,22,25). The van der Waals surface area contributed by atoms with Gasteiger partial charge in [-0.25, -0.2) is 0 Å². The summed E-state index contributed by atoms with van der Waals surface area (Å²) in [6, 6.07) is 11.5. The van der Waals surface area contributed by atoms with Gasteiger partial charge in [0.15, 0.2) is 0 Å². The van der Waals surface area contributed by atoms with E-state index in [1.807, 2.05) is 19.0 Å². The highest BCUT2D eigenvalue weighted by atomic mass is 35.5. The average molecular weight is 376 g/mol. The fourth-order valence-corrected chi connectivity index (χ4v) is 2.38. The van der Waals surface area contributed by atoms with Crippen molar-refractivity contribution in [2.24, 2.45) is 0 Å². The molecule has 7 heteroatoms. The first-order chi connectivity index (χ1) is 12.4. The Labute approximate surface area is 158 Å². The van der Waals surface area contributed by atoms with Crippen LogP contribution in [0.2, 0.25) is 5.02 Å². The Bertz CT molecular complexity index is 776. The second-order valence-corrected chi connectivity index (χ2v) is 6.37. The molecule has 2 aromatic rings. The van der Waals surface area contributed by atoms with E-state index in [1.165, 1.54) is 13.2 Å². The second kappa shape index (κ2) is 9.22. The molecule has 0 atom stereocenters. The number of methoxy groups -OCH3 is 1. The topological polar surface area (TPSA) is 70.7 Å². The molecule has 0 aromatic heterocycles. The summed E-state index contributed by atoms with van der Waals surface area (Å²) in [5.74, 6) is -0.219. The Hall–Kier alpha value is -2.57. The van der Waals surface area contributed by atoms with Crippen molar-refractivity contribution >= 4 is 29.1 Å². The van der Waals surface area contributed by atoms with Gasteiger partial charge in [0.25, 0.3) is 11.8 Å². The highest BCUT2D eigenvalue weighted by molar-refractivity contribution is 6.30. The van der Waals surface area contributed by atoms with E-state index < -0.39 is 0 Å². The van der Waals surface area contributed by atoms with Crippen molar-refractivity contribution in [3.05, 3.63) is 58.6 Å². The molecule has 26 heavy (non-hydrogen) atoms. The Kier molecular flexibility index (Phi) is 7.00. The van der Waals surface area contributed by atoms with Crippen LogP contribution in [-0.4, -0.2) is 51.0 Å². The summed E-state index contributed by atoms with van der Waals surface area (Å²) in [6.45, 7) is 1.25. The smallest absolute Gasteiger partial charge is 0.259 e. The van der Waals surface area contributed by atoms with Gasteiger partial charge in [-0.1, -0.05) is 11.6 Å². The van der Waals surface area contributed by atoms with Crippen molar-refractivity contribution in [3.8, 4) is 5.75 Å². The Morgan fingerprint density at radius 3 is 2.38 bits per heavy atom. The number of benzene rings is 2.